The molecule has 3 rings (SSSR count). The third kappa shape index (κ3) is 7.17. The van der Waals surface area contributed by atoms with Crippen molar-refractivity contribution < 1.29 is 4.79 Å². The molecule has 0 spiro atoms. The van der Waals surface area contributed by atoms with E-state index in [2.05, 4.69) is 51.5 Å². The predicted octanol–water partition coefficient (Wildman–Crippen LogP) is 7.42. The number of fused-ring (bicyclic) bond motifs is 1. The number of amides is 1. The topological polar surface area (TPSA) is 66.9 Å². The van der Waals surface area contributed by atoms with Gasteiger partial charge in [-0.05, 0) is 0 Å². The molecule has 2 heterocycles. The van der Waals surface area contributed by atoms with Crippen LogP contribution < -0.4 is 10.6 Å². The number of unbranched alkanes of at least 4 members (excludes halogenated alkanes) is 3. The number of nitrogens with one attached hydrogen (secondary N) is 2. The molecule has 1 fully saturated rings. The third-order valence-corrected chi connectivity index (χ3v) is 21.0. The van der Waals surface area contributed by atoms with E-state index < -0.39 is 18.4 Å². The number of anilines is 2. The summed E-state index contributed by atoms with van der Waals surface area (Å²) in [6, 6.07) is 2.03. The average molecular weight is 557 g/mol. The van der Waals surface area contributed by atoms with Gasteiger partial charge in [0.15, 0.2) is 0 Å². The molecule has 0 radical (unpaired) electrons. The second-order valence-electron chi connectivity index (χ2n) is 9.70. The van der Waals surface area contributed by atoms with E-state index in [1.165, 1.54) is 51.8 Å². The molecule has 180 valence electrons. The molecule has 0 saturated heterocycles. The zero-order chi connectivity index (χ0) is 23.7. The maximum absolute atomic E-state index is 12.3. The van der Waals surface area contributed by atoms with Gasteiger partial charge in [-0.25, -0.2) is 0 Å². The molecule has 33 heavy (non-hydrogen) atoms. The summed E-state index contributed by atoms with van der Waals surface area (Å²) in [5.41, 5.74) is 1.14. The fourth-order valence-corrected chi connectivity index (χ4v) is 18.8. The van der Waals surface area contributed by atoms with Crippen molar-refractivity contribution in [3.63, 3.8) is 0 Å². The van der Waals surface area contributed by atoms with Gasteiger partial charge in [0, 0.05) is 0 Å². The first kappa shape index (κ1) is 26.0. The Kier molecular flexibility index (Phi) is 10.0. The van der Waals surface area contributed by atoms with E-state index in [1.54, 1.807) is 0 Å². The molecule has 1 aliphatic carbocycles. The van der Waals surface area contributed by atoms with Gasteiger partial charge in [0.05, 0.1) is 0 Å². The Bertz CT molecular complexity index is 933. The van der Waals surface area contributed by atoms with Crippen molar-refractivity contribution in [2.75, 3.05) is 17.7 Å². The van der Waals surface area contributed by atoms with Crippen LogP contribution in [0.3, 0.4) is 0 Å². The number of nitrogens with zero attached hydrogens (tertiary/aromatic N) is 2. The standard InChI is InChI=1S/C15H15N4O.3C4H9.Sn/c1-3-9-7-18-14(16-2)12-8-17-13(6-11(9)12)19-15(20)10-4-5-10;3*1-3-4-2;/h1,3,6-8,10H,4-5H2,2H3,(H,16,18)(H,17,19,20);3*1,3-4H2,2H3;. The quantitative estimate of drug-likeness (QED) is 0.237. The molecule has 0 unspecified atom stereocenters. The van der Waals surface area contributed by atoms with Gasteiger partial charge in [-0.3, -0.25) is 0 Å². The van der Waals surface area contributed by atoms with Crippen LogP contribution in [0.1, 0.15) is 77.7 Å². The van der Waals surface area contributed by atoms with Gasteiger partial charge in [0.25, 0.3) is 0 Å². The maximum atomic E-state index is 12.3. The average Bonchev–Trinajstić information content (AvgIpc) is 3.68. The first-order valence-corrected chi connectivity index (χ1v) is 20.7. The van der Waals surface area contributed by atoms with Crippen LogP contribution in [0.15, 0.2) is 22.6 Å². The van der Waals surface area contributed by atoms with Crippen LogP contribution in [0, 0.1) is 5.92 Å². The van der Waals surface area contributed by atoms with E-state index in [0.29, 0.717) is 5.82 Å². The van der Waals surface area contributed by atoms with Crippen molar-refractivity contribution in [3.05, 3.63) is 28.1 Å². The van der Waals surface area contributed by atoms with Crippen LogP contribution in [0.5, 0.6) is 0 Å². The Morgan fingerprint density at radius 2 is 1.64 bits per heavy atom. The minimum atomic E-state index is -2.40. The van der Waals surface area contributed by atoms with Crippen LogP contribution in [0.4, 0.5) is 11.6 Å². The number of carbonyl (C=O) groups excluding carboxylic acids is 1. The Morgan fingerprint density at radius 1 is 1.00 bits per heavy atom. The summed E-state index contributed by atoms with van der Waals surface area (Å²) in [5.74, 6) is 1.72. The molecule has 2 aromatic heterocycles. The monoisotopic (exact) mass is 558 g/mol. The zero-order valence-electron chi connectivity index (χ0n) is 21.0. The summed E-state index contributed by atoms with van der Waals surface area (Å²) >= 11 is -2.40. The molecule has 6 heteroatoms. The summed E-state index contributed by atoms with van der Waals surface area (Å²) < 4.78 is 7.04. The van der Waals surface area contributed by atoms with Crippen molar-refractivity contribution in [2.24, 2.45) is 5.92 Å². The molecule has 1 amide bonds. The van der Waals surface area contributed by atoms with Crippen LogP contribution in [0.25, 0.3) is 16.8 Å². The van der Waals surface area contributed by atoms with Gasteiger partial charge in [-0.1, -0.05) is 0 Å². The fourth-order valence-electron chi connectivity index (χ4n) is 4.61. The normalized spacial score (nSPS) is 14.2. The number of hydrogen-bond acceptors (Lipinski definition) is 4. The van der Waals surface area contributed by atoms with Gasteiger partial charge < -0.3 is 0 Å². The van der Waals surface area contributed by atoms with E-state index >= 15 is 0 Å². The van der Waals surface area contributed by atoms with Gasteiger partial charge in [-0.15, -0.1) is 0 Å². The summed E-state index contributed by atoms with van der Waals surface area (Å²) in [6.45, 7) is 6.95. The predicted molar refractivity (Wildman–Crippen MR) is 144 cm³/mol. The SMILES string of the molecule is CCC[CH2][Sn](/[CH]=C/c1cnc(NC)c2cnc(NC(=O)C3CC3)cc12)([CH2]CCC)[CH2]CCC. The number of carbonyl (C=O) groups is 1. The van der Waals surface area contributed by atoms with Crippen molar-refractivity contribution in [2.45, 2.75) is 85.4 Å². The molecular weight excluding hydrogens is 515 g/mol. The number of pyridine rings is 2. The van der Waals surface area contributed by atoms with Gasteiger partial charge in [-0.2, -0.15) is 0 Å². The molecule has 2 N–H and O–H groups in total. The molecule has 5 nitrogen and oxygen atoms in total. The molecular formula is C27H42N4OSn. The molecule has 0 atom stereocenters. The van der Waals surface area contributed by atoms with E-state index in [1.807, 2.05) is 25.5 Å². The Balaban J connectivity index is 1.98. The Labute approximate surface area is 204 Å². The van der Waals surface area contributed by atoms with Crippen LogP contribution >= 0.6 is 0 Å². The van der Waals surface area contributed by atoms with Crippen molar-refractivity contribution in [1.82, 2.24) is 9.97 Å². The molecule has 0 aliphatic heterocycles. The van der Waals surface area contributed by atoms with Gasteiger partial charge >= 0.3 is 205 Å². The van der Waals surface area contributed by atoms with Crippen molar-refractivity contribution in [1.29, 1.82) is 0 Å². The van der Waals surface area contributed by atoms with Gasteiger partial charge in [0.2, 0.25) is 0 Å². The summed E-state index contributed by atoms with van der Waals surface area (Å²) in [4.78, 5) is 21.5. The second-order valence-corrected chi connectivity index (χ2v) is 22.7. The van der Waals surface area contributed by atoms with E-state index in [-0.39, 0.29) is 11.8 Å². The Hall–Kier alpha value is -1.63. The molecule has 1 saturated carbocycles. The van der Waals surface area contributed by atoms with Crippen LogP contribution in [-0.4, -0.2) is 41.3 Å². The van der Waals surface area contributed by atoms with Gasteiger partial charge in [0.1, 0.15) is 0 Å². The molecule has 1 aliphatic rings. The van der Waals surface area contributed by atoms with Crippen molar-refractivity contribution >= 4 is 52.8 Å². The first-order valence-electron chi connectivity index (χ1n) is 13.0. The van der Waals surface area contributed by atoms with E-state index in [9.17, 15) is 4.79 Å². The number of hydrogen-bond donors (Lipinski definition) is 2. The second kappa shape index (κ2) is 12.7. The van der Waals surface area contributed by atoms with Crippen molar-refractivity contribution in [3.8, 4) is 0 Å². The third-order valence-electron chi connectivity index (χ3n) is 6.94. The number of aromatic nitrogens is 2. The fraction of sp³-hybridized carbons (Fsp3) is 0.593. The van der Waals surface area contributed by atoms with E-state index in [4.69, 9.17) is 0 Å². The minimum absolute atomic E-state index is 0.0933. The summed E-state index contributed by atoms with van der Waals surface area (Å²) in [6.07, 6.45) is 16.1. The number of rotatable bonds is 14. The van der Waals surface area contributed by atoms with Crippen LogP contribution in [-0.2, 0) is 4.79 Å². The molecule has 0 aromatic carbocycles. The zero-order valence-corrected chi connectivity index (χ0v) is 23.9. The van der Waals surface area contributed by atoms with E-state index in [0.717, 1.165) is 35.0 Å². The molecule has 2 aromatic rings. The van der Waals surface area contributed by atoms with Crippen LogP contribution in [0.2, 0.25) is 13.3 Å². The summed E-state index contributed by atoms with van der Waals surface area (Å²) in [5, 5.41) is 8.31. The summed E-state index contributed by atoms with van der Waals surface area (Å²) in [7, 11) is 1.89. The first-order chi connectivity index (χ1) is 16.1. The Morgan fingerprint density at radius 3 is 2.18 bits per heavy atom. The molecule has 0 bridgehead atoms.